The van der Waals surface area contributed by atoms with Crippen LogP contribution in [0.5, 0.6) is 5.75 Å². The van der Waals surface area contributed by atoms with Gasteiger partial charge in [0.1, 0.15) is 5.75 Å². The summed E-state index contributed by atoms with van der Waals surface area (Å²) in [5.41, 5.74) is 6.56. The molecule has 4 aromatic rings. The normalized spacial score (nSPS) is 16.9. The van der Waals surface area contributed by atoms with E-state index in [-0.39, 0.29) is 17.4 Å². The Morgan fingerprint density at radius 3 is 2.45 bits per heavy atom. The number of hydrogen-bond donors (Lipinski definition) is 3. The average molecular weight is 608 g/mol. The molecule has 226 valence electrons. The van der Waals surface area contributed by atoms with Crippen LogP contribution in [0.1, 0.15) is 46.4 Å². The van der Waals surface area contributed by atoms with E-state index in [4.69, 9.17) is 17.0 Å². The first-order valence-electron chi connectivity index (χ1n) is 15.1. The summed E-state index contributed by atoms with van der Waals surface area (Å²) < 4.78 is 7.17. The van der Waals surface area contributed by atoms with E-state index in [9.17, 15) is 9.59 Å². The maximum atomic E-state index is 13.3. The number of thiocarbonyl (C=S) groups is 1. The summed E-state index contributed by atoms with van der Waals surface area (Å²) in [6.45, 7) is 4.82. The van der Waals surface area contributed by atoms with E-state index in [2.05, 4.69) is 46.0 Å². The quantitative estimate of drug-likeness (QED) is 0.219. The number of carbonyl (C=O) groups excluding carboxylic acids is 1. The van der Waals surface area contributed by atoms with E-state index in [1.165, 1.54) is 5.56 Å². The highest BCUT2D eigenvalue weighted by Gasteiger charge is 2.35. The fraction of sp³-hybridized carbons (Fsp3) is 0.286. The molecular formula is C35H37N5O3S. The van der Waals surface area contributed by atoms with E-state index in [1.807, 2.05) is 65.2 Å². The zero-order valence-electron chi connectivity index (χ0n) is 25.0. The summed E-state index contributed by atoms with van der Waals surface area (Å²) >= 11 is 5.74. The van der Waals surface area contributed by atoms with E-state index in [0.717, 1.165) is 60.0 Å². The first-order chi connectivity index (χ1) is 21.4. The minimum atomic E-state index is -0.173. The molecule has 0 aliphatic carbocycles. The van der Waals surface area contributed by atoms with E-state index >= 15 is 0 Å². The smallest absolute Gasteiger partial charge is 0.251 e. The van der Waals surface area contributed by atoms with Gasteiger partial charge in [-0.05, 0) is 90.6 Å². The molecule has 2 aliphatic rings. The Balaban J connectivity index is 1.24. The molecule has 0 saturated carbocycles. The van der Waals surface area contributed by atoms with Crippen LogP contribution in [0.15, 0.2) is 89.7 Å². The molecule has 1 saturated heterocycles. The Hall–Kier alpha value is -4.63. The Morgan fingerprint density at radius 2 is 1.70 bits per heavy atom. The van der Waals surface area contributed by atoms with Crippen molar-refractivity contribution in [1.29, 1.82) is 0 Å². The van der Waals surface area contributed by atoms with Gasteiger partial charge in [0.25, 0.3) is 11.5 Å². The molecule has 6 rings (SSSR count). The first kappa shape index (κ1) is 29.4. The highest BCUT2D eigenvalue weighted by molar-refractivity contribution is 7.80. The molecule has 0 unspecified atom stereocenters. The minimum absolute atomic E-state index is 0.0707. The molecule has 1 aromatic heterocycles. The van der Waals surface area contributed by atoms with Crippen LogP contribution < -0.4 is 31.1 Å². The number of pyridine rings is 1. The van der Waals surface area contributed by atoms with Crippen molar-refractivity contribution in [3.8, 4) is 5.75 Å². The molecule has 8 nitrogen and oxygen atoms in total. The molecule has 2 atom stereocenters. The number of aryl methyl sites for hydroxylation is 1. The summed E-state index contributed by atoms with van der Waals surface area (Å²) in [6.07, 6.45) is 2.03. The molecule has 0 spiro atoms. The zero-order chi connectivity index (χ0) is 30.6. The van der Waals surface area contributed by atoms with Crippen LogP contribution in [0.4, 0.5) is 17.1 Å². The summed E-state index contributed by atoms with van der Waals surface area (Å²) in [6, 6.07) is 27.1. The molecule has 9 heteroatoms. The maximum absolute atomic E-state index is 13.3. The van der Waals surface area contributed by atoms with Crippen LogP contribution in [0.3, 0.4) is 0 Å². The number of anilines is 3. The van der Waals surface area contributed by atoms with Crippen LogP contribution in [-0.2, 0) is 19.5 Å². The lowest BCUT2D eigenvalue weighted by Crippen LogP contribution is -2.47. The van der Waals surface area contributed by atoms with Gasteiger partial charge in [0, 0.05) is 55.1 Å². The number of rotatable bonds is 8. The van der Waals surface area contributed by atoms with Gasteiger partial charge < -0.3 is 30.2 Å². The molecule has 2 aliphatic heterocycles. The van der Waals surface area contributed by atoms with E-state index in [1.54, 1.807) is 13.2 Å². The van der Waals surface area contributed by atoms with Gasteiger partial charge in [-0.15, -0.1) is 0 Å². The van der Waals surface area contributed by atoms with Crippen molar-refractivity contribution in [2.24, 2.45) is 5.92 Å². The summed E-state index contributed by atoms with van der Waals surface area (Å²) in [5, 5.41) is 10.2. The van der Waals surface area contributed by atoms with E-state index in [0.29, 0.717) is 29.7 Å². The third kappa shape index (κ3) is 6.48. The van der Waals surface area contributed by atoms with Crippen molar-refractivity contribution < 1.29 is 9.53 Å². The molecule has 44 heavy (non-hydrogen) atoms. The number of methoxy groups -OCH3 is 1. The van der Waals surface area contributed by atoms with Crippen molar-refractivity contribution >= 4 is 40.3 Å². The fourth-order valence-electron chi connectivity index (χ4n) is 6.28. The second-order valence-corrected chi connectivity index (χ2v) is 11.9. The van der Waals surface area contributed by atoms with Crippen LogP contribution in [0, 0.1) is 5.92 Å². The molecule has 3 N–H and O–H groups in total. The van der Waals surface area contributed by atoms with Gasteiger partial charge >= 0.3 is 0 Å². The van der Waals surface area contributed by atoms with Crippen molar-refractivity contribution in [3.05, 3.63) is 118 Å². The number of ether oxygens (including phenoxy) is 1. The predicted molar refractivity (Wildman–Crippen MR) is 180 cm³/mol. The van der Waals surface area contributed by atoms with Gasteiger partial charge in [-0.2, -0.15) is 0 Å². The van der Waals surface area contributed by atoms with Crippen LogP contribution in [0.2, 0.25) is 0 Å². The van der Waals surface area contributed by atoms with Crippen LogP contribution >= 0.6 is 12.2 Å². The van der Waals surface area contributed by atoms with Crippen molar-refractivity contribution in [2.75, 3.05) is 35.7 Å². The number of benzene rings is 3. The summed E-state index contributed by atoms with van der Waals surface area (Å²) in [4.78, 5) is 28.2. The van der Waals surface area contributed by atoms with Gasteiger partial charge in [-0.25, -0.2) is 0 Å². The zero-order valence-corrected chi connectivity index (χ0v) is 25.8. The number of hydrogen-bond acceptors (Lipinski definition) is 5. The van der Waals surface area contributed by atoms with Gasteiger partial charge in [0.2, 0.25) is 0 Å². The number of piperidine rings is 1. The molecular weight excluding hydrogens is 570 g/mol. The third-order valence-electron chi connectivity index (χ3n) is 8.56. The predicted octanol–water partition coefficient (Wildman–Crippen LogP) is 5.78. The number of fused-ring (bicyclic) bond motifs is 4. The number of aromatic nitrogens is 1. The Kier molecular flexibility index (Phi) is 8.65. The van der Waals surface area contributed by atoms with Crippen molar-refractivity contribution in [1.82, 2.24) is 9.88 Å². The standard InChI is InChI=1S/C35H37N5O3S/c1-3-23-7-12-28(13-8-23)37-35(44)38-30-18-26(34(42)36-19-24-9-14-29(43-2)15-10-24)11-16-32(30)39-20-25-17-27(22-39)31-5-4-6-33(41)40(31)21-25/h4-16,18,25,27H,3,17,19-22H2,1-2H3,(H,36,42)(H2,37,38,44)/t25-,27+/m1/s1. The summed E-state index contributed by atoms with van der Waals surface area (Å²) in [5.74, 6) is 1.20. The SMILES string of the molecule is CCc1ccc(NC(=S)Nc2cc(C(=O)NCc3ccc(OC)cc3)ccc2N2C[C@H]3C[C@@H](C2)c2cccc(=O)n2C3)cc1. The maximum Gasteiger partial charge on any atom is 0.251 e. The highest BCUT2D eigenvalue weighted by atomic mass is 32.1. The van der Waals surface area contributed by atoms with Gasteiger partial charge in [0.05, 0.1) is 18.5 Å². The lowest BCUT2D eigenvalue weighted by atomic mass is 9.83. The van der Waals surface area contributed by atoms with Gasteiger partial charge in [-0.1, -0.05) is 37.3 Å². The Labute approximate surface area is 263 Å². The molecule has 1 amide bonds. The van der Waals surface area contributed by atoms with Crippen molar-refractivity contribution in [2.45, 2.75) is 38.8 Å². The Morgan fingerprint density at radius 1 is 0.932 bits per heavy atom. The highest BCUT2D eigenvalue weighted by Crippen LogP contribution is 2.39. The van der Waals surface area contributed by atoms with Gasteiger partial charge in [-0.3, -0.25) is 9.59 Å². The monoisotopic (exact) mass is 607 g/mol. The fourth-order valence-corrected chi connectivity index (χ4v) is 6.51. The second kappa shape index (κ2) is 12.9. The topological polar surface area (TPSA) is 87.6 Å². The molecule has 1 fully saturated rings. The second-order valence-electron chi connectivity index (χ2n) is 11.5. The van der Waals surface area contributed by atoms with Crippen molar-refractivity contribution in [3.63, 3.8) is 0 Å². The number of nitrogens with zero attached hydrogens (tertiary/aromatic N) is 2. The van der Waals surface area contributed by atoms with Crippen LogP contribution in [0.25, 0.3) is 0 Å². The Bertz CT molecular complexity index is 1720. The van der Waals surface area contributed by atoms with Crippen LogP contribution in [-0.4, -0.2) is 35.8 Å². The third-order valence-corrected chi connectivity index (χ3v) is 8.76. The number of amides is 1. The first-order valence-corrected chi connectivity index (χ1v) is 15.5. The average Bonchev–Trinajstić information content (AvgIpc) is 3.04. The molecule has 0 radical (unpaired) electrons. The molecule has 3 heterocycles. The molecule has 2 bridgehead atoms. The lowest BCUT2D eigenvalue weighted by Gasteiger charge is -2.44. The van der Waals surface area contributed by atoms with E-state index < -0.39 is 0 Å². The lowest BCUT2D eigenvalue weighted by molar-refractivity contribution is 0.0951. The number of carbonyl (C=O) groups is 1. The summed E-state index contributed by atoms with van der Waals surface area (Å²) in [7, 11) is 1.63. The van der Waals surface area contributed by atoms with Gasteiger partial charge in [0.15, 0.2) is 5.11 Å². The molecule has 3 aromatic carbocycles. The minimum Gasteiger partial charge on any atom is -0.497 e. The largest absolute Gasteiger partial charge is 0.497 e. The number of nitrogens with one attached hydrogen (secondary N) is 3.